The van der Waals surface area contributed by atoms with E-state index in [2.05, 4.69) is 15.5 Å². The fourth-order valence-corrected chi connectivity index (χ4v) is 3.10. The number of benzene rings is 1. The molecule has 0 saturated carbocycles. The van der Waals surface area contributed by atoms with Crippen molar-refractivity contribution in [1.82, 2.24) is 20.2 Å². The van der Waals surface area contributed by atoms with Crippen LogP contribution in [0, 0.1) is 6.92 Å². The van der Waals surface area contributed by atoms with Gasteiger partial charge in [-0.2, -0.15) is 5.10 Å². The molecule has 0 bridgehead atoms. The number of carbonyl (C=O) groups is 1. The Balaban J connectivity index is 2.08. The van der Waals surface area contributed by atoms with E-state index in [0.29, 0.717) is 44.5 Å². The van der Waals surface area contributed by atoms with Gasteiger partial charge in [-0.3, -0.25) is 10.2 Å². The Hall–Kier alpha value is -3.16. The maximum absolute atomic E-state index is 12.4. The van der Waals surface area contributed by atoms with E-state index in [-0.39, 0.29) is 0 Å². The lowest BCUT2D eigenvalue weighted by Crippen LogP contribution is -2.30. The highest BCUT2D eigenvalue weighted by molar-refractivity contribution is 6.32. The standard InChI is InChI=1S/C18H14ClN5O2/c1-10-16-11(18(25)22-20)9-13(15-7-4-8-26-15)21-17(16)24(23-10)14-6-3-2-5-12(14)19/h2-9H,20H2,1H3,(H,22,25). The van der Waals surface area contributed by atoms with Gasteiger partial charge in [-0.25, -0.2) is 15.5 Å². The Labute approximate surface area is 153 Å². The van der Waals surface area contributed by atoms with Crippen molar-refractivity contribution in [2.24, 2.45) is 5.84 Å². The maximum Gasteiger partial charge on any atom is 0.266 e. The maximum atomic E-state index is 12.4. The number of hydrogen-bond donors (Lipinski definition) is 2. The molecule has 0 aliphatic heterocycles. The third-order valence-electron chi connectivity index (χ3n) is 4.04. The van der Waals surface area contributed by atoms with Gasteiger partial charge in [0.2, 0.25) is 0 Å². The highest BCUT2D eigenvalue weighted by atomic mass is 35.5. The number of halogens is 1. The van der Waals surface area contributed by atoms with E-state index in [0.717, 1.165) is 0 Å². The molecule has 0 saturated heterocycles. The molecule has 1 amide bonds. The molecule has 0 atom stereocenters. The lowest BCUT2D eigenvalue weighted by Gasteiger charge is -2.08. The second-order valence-corrected chi connectivity index (χ2v) is 6.06. The summed E-state index contributed by atoms with van der Waals surface area (Å²) in [6.45, 7) is 1.80. The first kappa shape index (κ1) is 16.3. The van der Waals surface area contributed by atoms with Crippen molar-refractivity contribution >= 4 is 28.5 Å². The van der Waals surface area contributed by atoms with Crippen LogP contribution in [0.5, 0.6) is 0 Å². The fraction of sp³-hybridized carbons (Fsp3) is 0.0556. The van der Waals surface area contributed by atoms with Gasteiger partial charge in [0.15, 0.2) is 11.4 Å². The third-order valence-corrected chi connectivity index (χ3v) is 4.36. The van der Waals surface area contributed by atoms with Crippen molar-refractivity contribution in [2.75, 3.05) is 0 Å². The van der Waals surface area contributed by atoms with E-state index in [9.17, 15) is 4.79 Å². The van der Waals surface area contributed by atoms with Crippen molar-refractivity contribution in [3.8, 4) is 17.1 Å². The van der Waals surface area contributed by atoms with Crippen LogP contribution in [0.3, 0.4) is 0 Å². The molecule has 8 heteroatoms. The first-order valence-corrected chi connectivity index (χ1v) is 8.18. The third kappa shape index (κ3) is 2.54. The monoisotopic (exact) mass is 367 g/mol. The number of fused-ring (bicyclic) bond motifs is 1. The van der Waals surface area contributed by atoms with Gasteiger partial charge in [-0.15, -0.1) is 0 Å². The second kappa shape index (κ2) is 6.29. The number of rotatable bonds is 3. The summed E-state index contributed by atoms with van der Waals surface area (Å²) in [5, 5.41) is 5.66. The van der Waals surface area contributed by atoms with E-state index in [1.54, 1.807) is 42.1 Å². The molecule has 4 rings (SSSR count). The van der Waals surface area contributed by atoms with Gasteiger partial charge < -0.3 is 4.42 Å². The Kier molecular flexibility index (Phi) is 3.95. The zero-order valence-corrected chi connectivity index (χ0v) is 14.5. The summed E-state index contributed by atoms with van der Waals surface area (Å²) in [4.78, 5) is 17.0. The average molecular weight is 368 g/mol. The van der Waals surface area contributed by atoms with E-state index in [1.807, 2.05) is 18.2 Å². The molecule has 0 aliphatic rings. The number of pyridine rings is 1. The van der Waals surface area contributed by atoms with E-state index in [1.165, 1.54) is 0 Å². The topological polar surface area (TPSA) is 99.0 Å². The predicted molar refractivity (Wildman–Crippen MR) is 98.0 cm³/mol. The van der Waals surface area contributed by atoms with Gasteiger partial charge in [0.25, 0.3) is 5.91 Å². The summed E-state index contributed by atoms with van der Waals surface area (Å²) in [6, 6.07) is 12.4. The number of nitrogen functional groups attached to an aromatic ring is 1. The highest BCUT2D eigenvalue weighted by Crippen LogP contribution is 2.30. The molecule has 7 nitrogen and oxygen atoms in total. The molecule has 0 spiro atoms. The number of amides is 1. The van der Waals surface area contributed by atoms with Gasteiger partial charge in [0.1, 0.15) is 5.69 Å². The number of carbonyl (C=O) groups excluding carboxylic acids is 1. The van der Waals surface area contributed by atoms with Crippen LogP contribution in [-0.2, 0) is 0 Å². The van der Waals surface area contributed by atoms with Crippen molar-refractivity contribution in [3.05, 3.63) is 65.0 Å². The van der Waals surface area contributed by atoms with Crippen molar-refractivity contribution < 1.29 is 9.21 Å². The van der Waals surface area contributed by atoms with Crippen LogP contribution in [0.2, 0.25) is 5.02 Å². The molecule has 0 fully saturated rings. The van der Waals surface area contributed by atoms with E-state index >= 15 is 0 Å². The summed E-state index contributed by atoms with van der Waals surface area (Å²) < 4.78 is 7.05. The fourth-order valence-electron chi connectivity index (χ4n) is 2.89. The normalized spacial score (nSPS) is 11.0. The molecule has 26 heavy (non-hydrogen) atoms. The summed E-state index contributed by atoms with van der Waals surface area (Å²) in [7, 11) is 0. The summed E-state index contributed by atoms with van der Waals surface area (Å²) >= 11 is 6.33. The summed E-state index contributed by atoms with van der Waals surface area (Å²) in [5.74, 6) is 5.46. The number of nitrogens with two attached hydrogens (primary N) is 1. The molecule has 3 aromatic heterocycles. The Bertz CT molecular complexity index is 1120. The highest BCUT2D eigenvalue weighted by Gasteiger charge is 2.21. The van der Waals surface area contributed by atoms with Gasteiger partial charge in [0.05, 0.1) is 33.6 Å². The van der Waals surface area contributed by atoms with Crippen LogP contribution in [0.4, 0.5) is 0 Å². The minimum atomic E-state index is -0.438. The number of aromatic nitrogens is 3. The lowest BCUT2D eigenvalue weighted by atomic mass is 10.1. The van der Waals surface area contributed by atoms with Gasteiger partial charge >= 0.3 is 0 Å². The second-order valence-electron chi connectivity index (χ2n) is 5.65. The molecular formula is C18H14ClN5O2. The first-order valence-electron chi connectivity index (χ1n) is 7.80. The molecule has 4 aromatic rings. The molecule has 3 heterocycles. The summed E-state index contributed by atoms with van der Waals surface area (Å²) in [5.41, 5.74) is 4.82. The SMILES string of the molecule is Cc1nn(-c2ccccc2Cl)c2nc(-c3ccco3)cc(C(=O)NN)c12. The van der Waals surface area contributed by atoms with Crippen molar-refractivity contribution in [3.63, 3.8) is 0 Å². The van der Waals surface area contributed by atoms with E-state index in [4.69, 9.17) is 21.9 Å². The quantitative estimate of drug-likeness (QED) is 0.329. The first-order chi connectivity index (χ1) is 12.6. The van der Waals surface area contributed by atoms with Crippen LogP contribution < -0.4 is 11.3 Å². The number of para-hydroxylation sites is 1. The molecule has 130 valence electrons. The van der Waals surface area contributed by atoms with E-state index < -0.39 is 5.91 Å². The average Bonchev–Trinajstić information content (AvgIpc) is 3.29. The minimum absolute atomic E-state index is 0.361. The van der Waals surface area contributed by atoms with Crippen LogP contribution in [0.1, 0.15) is 16.1 Å². The Morgan fingerprint density at radius 2 is 2.08 bits per heavy atom. The number of hydrazine groups is 1. The minimum Gasteiger partial charge on any atom is -0.463 e. The smallest absolute Gasteiger partial charge is 0.266 e. The number of nitrogens with one attached hydrogen (secondary N) is 1. The Morgan fingerprint density at radius 1 is 1.27 bits per heavy atom. The zero-order chi connectivity index (χ0) is 18.3. The largest absolute Gasteiger partial charge is 0.463 e. The molecular weight excluding hydrogens is 354 g/mol. The van der Waals surface area contributed by atoms with Crippen LogP contribution in [0.25, 0.3) is 28.2 Å². The van der Waals surface area contributed by atoms with Crippen LogP contribution in [0.15, 0.2) is 53.1 Å². The van der Waals surface area contributed by atoms with Crippen molar-refractivity contribution in [1.29, 1.82) is 0 Å². The lowest BCUT2D eigenvalue weighted by molar-refractivity contribution is 0.0955. The predicted octanol–water partition coefficient (Wildman–Crippen LogP) is 3.25. The van der Waals surface area contributed by atoms with Gasteiger partial charge in [-0.05, 0) is 37.3 Å². The number of nitrogens with zero attached hydrogens (tertiary/aromatic N) is 3. The molecule has 0 unspecified atom stereocenters. The molecule has 3 N–H and O–H groups in total. The molecule has 0 radical (unpaired) electrons. The number of furan rings is 1. The van der Waals surface area contributed by atoms with Gasteiger partial charge in [0, 0.05) is 0 Å². The van der Waals surface area contributed by atoms with Crippen LogP contribution >= 0.6 is 11.6 Å². The number of aryl methyl sites for hydroxylation is 1. The molecule has 1 aromatic carbocycles. The Morgan fingerprint density at radius 3 is 2.77 bits per heavy atom. The molecule has 0 aliphatic carbocycles. The summed E-state index contributed by atoms with van der Waals surface area (Å²) in [6.07, 6.45) is 1.54. The number of hydrogen-bond acceptors (Lipinski definition) is 5. The van der Waals surface area contributed by atoms with Crippen molar-refractivity contribution in [2.45, 2.75) is 6.92 Å². The van der Waals surface area contributed by atoms with Gasteiger partial charge in [-0.1, -0.05) is 23.7 Å². The zero-order valence-electron chi connectivity index (χ0n) is 13.7. The van der Waals surface area contributed by atoms with Crippen LogP contribution in [-0.4, -0.2) is 20.7 Å².